The summed E-state index contributed by atoms with van der Waals surface area (Å²) in [5.41, 5.74) is 1.55. The van der Waals surface area contributed by atoms with Gasteiger partial charge in [-0.2, -0.15) is 0 Å². The van der Waals surface area contributed by atoms with Crippen LogP contribution in [0.4, 0.5) is 5.69 Å². The number of hydrogen-bond donors (Lipinski definition) is 1. The van der Waals surface area contributed by atoms with E-state index >= 15 is 0 Å². The van der Waals surface area contributed by atoms with Gasteiger partial charge in [0.2, 0.25) is 0 Å². The molecule has 0 spiro atoms. The first-order valence-corrected chi connectivity index (χ1v) is 8.86. The molecule has 0 aliphatic carbocycles. The van der Waals surface area contributed by atoms with Crippen molar-refractivity contribution in [3.63, 3.8) is 0 Å². The third kappa shape index (κ3) is 4.31. The molecule has 1 aliphatic rings. The molecule has 1 heterocycles. The molecule has 2 aromatic rings. The van der Waals surface area contributed by atoms with E-state index in [1.54, 1.807) is 30.0 Å². The smallest absolute Gasteiger partial charge is 0.272 e. The molecule has 2 aromatic carbocycles. The van der Waals surface area contributed by atoms with Gasteiger partial charge in [-0.15, -0.1) is 0 Å². The van der Waals surface area contributed by atoms with E-state index in [1.165, 1.54) is 12.1 Å². The van der Waals surface area contributed by atoms with Crippen LogP contribution < -0.4 is 5.32 Å². The van der Waals surface area contributed by atoms with Crippen molar-refractivity contribution >= 4 is 17.5 Å². The molecule has 1 fully saturated rings. The number of nitro groups is 1. The fourth-order valence-corrected chi connectivity index (χ4v) is 3.26. The highest BCUT2D eigenvalue weighted by molar-refractivity contribution is 5.95. The minimum absolute atomic E-state index is 0.00822. The second-order valence-electron chi connectivity index (χ2n) is 6.66. The molecular weight excluding hydrogens is 346 g/mol. The molecule has 0 atom stereocenters. The third-order valence-corrected chi connectivity index (χ3v) is 4.79. The molecular formula is C20H21N3O4. The van der Waals surface area contributed by atoms with Crippen LogP contribution in [0.2, 0.25) is 0 Å². The number of carbonyl (C=O) groups excluding carboxylic acids is 2. The Morgan fingerprint density at radius 3 is 2.33 bits per heavy atom. The summed E-state index contributed by atoms with van der Waals surface area (Å²) in [7, 11) is 0. The Kier molecular flexibility index (Phi) is 5.49. The summed E-state index contributed by atoms with van der Waals surface area (Å²) in [6, 6.07) is 13.5. The number of nitrogens with one attached hydrogen (secondary N) is 1. The minimum atomic E-state index is -0.454. The molecule has 1 N–H and O–H groups in total. The molecule has 2 amide bonds. The van der Waals surface area contributed by atoms with Gasteiger partial charge in [-0.25, -0.2) is 0 Å². The normalized spacial score (nSPS) is 14.6. The number of nitrogens with zero attached hydrogens (tertiary/aromatic N) is 2. The second kappa shape index (κ2) is 7.99. The number of amides is 2. The van der Waals surface area contributed by atoms with Gasteiger partial charge in [0.25, 0.3) is 17.5 Å². The first kappa shape index (κ1) is 18.6. The monoisotopic (exact) mass is 367 g/mol. The van der Waals surface area contributed by atoms with Crippen molar-refractivity contribution in [3.05, 3.63) is 75.3 Å². The fourth-order valence-electron chi connectivity index (χ4n) is 3.26. The Labute approximate surface area is 157 Å². The highest BCUT2D eigenvalue weighted by Crippen LogP contribution is 2.21. The van der Waals surface area contributed by atoms with Gasteiger partial charge < -0.3 is 10.2 Å². The molecule has 0 aromatic heterocycles. The summed E-state index contributed by atoms with van der Waals surface area (Å²) in [5, 5.41) is 13.9. The number of likely N-dealkylation sites (tertiary alicyclic amines) is 1. The molecule has 7 nitrogen and oxygen atoms in total. The van der Waals surface area contributed by atoms with Gasteiger partial charge in [-0.05, 0) is 44.0 Å². The number of hydrogen-bond acceptors (Lipinski definition) is 4. The number of nitro benzene ring substituents is 1. The van der Waals surface area contributed by atoms with E-state index in [-0.39, 0.29) is 23.5 Å². The zero-order valence-electron chi connectivity index (χ0n) is 15.1. The van der Waals surface area contributed by atoms with Gasteiger partial charge in [0.15, 0.2) is 0 Å². The summed E-state index contributed by atoms with van der Waals surface area (Å²) in [6.07, 6.45) is 1.35. The van der Waals surface area contributed by atoms with Gasteiger partial charge in [0.05, 0.1) is 4.92 Å². The number of rotatable bonds is 4. The van der Waals surface area contributed by atoms with Crippen LogP contribution in [0.15, 0.2) is 48.5 Å². The zero-order chi connectivity index (χ0) is 19.4. The summed E-state index contributed by atoms with van der Waals surface area (Å²) in [6.45, 7) is 2.70. The first-order valence-electron chi connectivity index (χ1n) is 8.86. The largest absolute Gasteiger partial charge is 0.349 e. The number of aryl methyl sites for hydroxylation is 1. The molecule has 7 heteroatoms. The standard InChI is InChI=1S/C20H21N3O4/c1-14-13-16(7-8-18(14)23(26)27)20(25)22-11-9-17(10-12-22)21-19(24)15-5-3-2-4-6-15/h2-8,13,17H,9-12H2,1H3,(H,21,24). The molecule has 140 valence electrons. The van der Waals surface area contributed by atoms with Crippen LogP contribution in [0, 0.1) is 17.0 Å². The lowest BCUT2D eigenvalue weighted by atomic mass is 10.0. The molecule has 3 rings (SSSR count). The molecule has 0 bridgehead atoms. The molecule has 0 unspecified atom stereocenters. The van der Waals surface area contributed by atoms with Crippen LogP contribution in [0.3, 0.4) is 0 Å². The molecule has 0 saturated carbocycles. The van der Waals surface area contributed by atoms with E-state index in [0.29, 0.717) is 42.6 Å². The maximum absolute atomic E-state index is 12.7. The third-order valence-electron chi connectivity index (χ3n) is 4.79. The quantitative estimate of drug-likeness (QED) is 0.664. The van der Waals surface area contributed by atoms with Crippen LogP contribution in [-0.2, 0) is 0 Å². The van der Waals surface area contributed by atoms with Crippen LogP contribution in [0.1, 0.15) is 39.1 Å². The van der Waals surface area contributed by atoms with E-state index in [4.69, 9.17) is 0 Å². The van der Waals surface area contributed by atoms with E-state index in [9.17, 15) is 19.7 Å². The maximum atomic E-state index is 12.7. The van der Waals surface area contributed by atoms with E-state index < -0.39 is 4.92 Å². The van der Waals surface area contributed by atoms with Crippen LogP contribution in [0.25, 0.3) is 0 Å². The van der Waals surface area contributed by atoms with Crippen molar-refractivity contribution in [2.75, 3.05) is 13.1 Å². The van der Waals surface area contributed by atoms with Crippen molar-refractivity contribution in [3.8, 4) is 0 Å². The van der Waals surface area contributed by atoms with Crippen molar-refractivity contribution in [1.82, 2.24) is 10.2 Å². The lowest BCUT2D eigenvalue weighted by Gasteiger charge is -2.32. The van der Waals surface area contributed by atoms with Crippen molar-refractivity contribution in [1.29, 1.82) is 0 Å². The Bertz CT molecular complexity index is 859. The van der Waals surface area contributed by atoms with Gasteiger partial charge in [0, 0.05) is 41.9 Å². The fraction of sp³-hybridized carbons (Fsp3) is 0.300. The number of benzene rings is 2. The predicted octanol–water partition coefficient (Wildman–Crippen LogP) is 2.94. The Morgan fingerprint density at radius 1 is 1.07 bits per heavy atom. The van der Waals surface area contributed by atoms with E-state index in [0.717, 1.165) is 0 Å². The topological polar surface area (TPSA) is 92.6 Å². The summed E-state index contributed by atoms with van der Waals surface area (Å²) in [4.78, 5) is 37.1. The number of piperidine rings is 1. The molecule has 1 saturated heterocycles. The molecule has 27 heavy (non-hydrogen) atoms. The Hall–Kier alpha value is -3.22. The predicted molar refractivity (Wildman–Crippen MR) is 101 cm³/mol. The molecule has 0 radical (unpaired) electrons. The lowest BCUT2D eigenvalue weighted by Crippen LogP contribution is -2.46. The van der Waals surface area contributed by atoms with Crippen molar-refractivity contribution in [2.45, 2.75) is 25.8 Å². The Morgan fingerprint density at radius 2 is 1.74 bits per heavy atom. The van der Waals surface area contributed by atoms with E-state index in [1.807, 2.05) is 18.2 Å². The summed E-state index contributed by atoms with van der Waals surface area (Å²) < 4.78 is 0. The van der Waals surface area contributed by atoms with Crippen LogP contribution >= 0.6 is 0 Å². The van der Waals surface area contributed by atoms with Crippen LogP contribution in [0.5, 0.6) is 0 Å². The first-order chi connectivity index (χ1) is 13.0. The summed E-state index contributed by atoms with van der Waals surface area (Å²) >= 11 is 0. The van der Waals surface area contributed by atoms with Gasteiger partial charge >= 0.3 is 0 Å². The van der Waals surface area contributed by atoms with E-state index in [2.05, 4.69) is 5.32 Å². The zero-order valence-corrected chi connectivity index (χ0v) is 15.1. The van der Waals surface area contributed by atoms with Gasteiger partial charge in [-0.1, -0.05) is 18.2 Å². The van der Waals surface area contributed by atoms with Gasteiger partial charge in [0.1, 0.15) is 0 Å². The van der Waals surface area contributed by atoms with Gasteiger partial charge in [-0.3, -0.25) is 19.7 Å². The average molecular weight is 367 g/mol. The lowest BCUT2D eigenvalue weighted by molar-refractivity contribution is -0.385. The number of carbonyl (C=O) groups is 2. The highest BCUT2D eigenvalue weighted by Gasteiger charge is 2.25. The SMILES string of the molecule is Cc1cc(C(=O)N2CCC(NC(=O)c3ccccc3)CC2)ccc1[N+](=O)[O-]. The Balaban J connectivity index is 1.57. The highest BCUT2D eigenvalue weighted by atomic mass is 16.6. The second-order valence-corrected chi connectivity index (χ2v) is 6.66. The molecule has 1 aliphatic heterocycles. The minimum Gasteiger partial charge on any atom is -0.349 e. The maximum Gasteiger partial charge on any atom is 0.272 e. The van der Waals surface area contributed by atoms with Crippen molar-refractivity contribution < 1.29 is 14.5 Å². The van der Waals surface area contributed by atoms with Crippen molar-refractivity contribution in [2.24, 2.45) is 0 Å². The van der Waals surface area contributed by atoms with Crippen LogP contribution in [-0.4, -0.2) is 40.8 Å². The average Bonchev–Trinajstić information content (AvgIpc) is 2.68. The summed E-state index contributed by atoms with van der Waals surface area (Å²) in [5.74, 6) is -0.243.